The first-order chi connectivity index (χ1) is 18.1. The van der Waals surface area contributed by atoms with E-state index in [0.717, 1.165) is 11.1 Å². The molecular weight excluding hydrogens is 599 g/mol. The molecule has 0 heterocycles. The number of carbonyl (C=O) groups excluding carboxylic acids is 3. The Hall–Kier alpha value is -3.60. The predicted octanol–water partition coefficient (Wildman–Crippen LogP) is 5.49. The molecule has 12 heteroatoms. The largest absolute Gasteiger partial charge is 0.493 e. The van der Waals surface area contributed by atoms with E-state index in [9.17, 15) is 14.4 Å². The van der Waals surface area contributed by atoms with Gasteiger partial charge in [0, 0.05) is 21.4 Å². The number of amides is 3. The SMILES string of the molecule is COc1cc(/C=N\NC(=O)C(=O)Nc2c(C)cccc2C)cc(Br)c1OCC(=O)Nc1cc(Cl)cc(Cl)c1. The molecule has 0 aliphatic carbocycles. The summed E-state index contributed by atoms with van der Waals surface area (Å²) >= 11 is 15.3. The molecule has 0 radical (unpaired) electrons. The Balaban J connectivity index is 1.60. The molecule has 0 aliphatic rings. The Labute approximate surface area is 237 Å². The van der Waals surface area contributed by atoms with Gasteiger partial charge in [-0.25, -0.2) is 5.43 Å². The van der Waals surface area contributed by atoms with Crippen LogP contribution in [0, 0.1) is 13.8 Å². The van der Waals surface area contributed by atoms with Crippen LogP contribution in [0.1, 0.15) is 16.7 Å². The van der Waals surface area contributed by atoms with Crippen LogP contribution in [0.15, 0.2) is 58.1 Å². The van der Waals surface area contributed by atoms with Crippen molar-refractivity contribution in [3.63, 3.8) is 0 Å². The van der Waals surface area contributed by atoms with Gasteiger partial charge >= 0.3 is 11.8 Å². The van der Waals surface area contributed by atoms with E-state index in [1.807, 2.05) is 32.0 Å². The molecule has 0 bridgehead atoms. The molecule has 0 spiro atoms. The van der Waals surface area contributed by atoms with Crippen LogP contribution in [-0.4, -0.2) is 37.7 Å². The highest BCUT2D eigenvalue weighted by atomic mass is 79.9. The van der Waals surface area contributed by atoms with E-state index < -0.39 is 17.7 Å². The zero-order valence-corrected chi connectivity index (χ0v) is 23.6. The van der Waals surface area contributed by atoms with Crippen molar-refractivity contribution in [1.82, 2.24) is 5.43 Å². The minimum atomic E-state index is -0.929. The fourth-order valence-electron chi connectivity index (χ4n) is 3.31. The highest BCUT2D eigenvalue weighted by Gasteiger charge is 2.16. The van der Waals surface area contributed by atoms with Crippen LogP contribution < -0.4 is 25.5 Å². The number of methoxy groups -OCH3 is 1. The molecule has 3 aromatic carbocycles. The topological polar surface area (TPSA) is 118 Å². The maximum atomic E-state index is 12.3. The van der Waals surface area contributed by atoms with E-state index in [2.05, 4.69) is 37.1 Å². The van der Waals surface area contributed by atoms with Crippen LogP contribution in [0.4, 0.5) is 11.4 Å². The van der Waals surface area contributed by atoms with Gasteiger partial charge in [0.25, 0.3) is 5.91 Å². The van der Waals surface area contributed by atoms with Gasteiger partial charge in [-0.2, -0.15) is 5.10 Å². The van der Waals surface area contributed by atoms with Gasteiger partial charge in [0.1, 0.15) is 0 Å². The fraction of sp³-hybridized carbons (Fsp3) is 0.154. The van der Waals surface area contributed by atoms with Crippen LogP contribution in [0.25, 0.3) is 0 Å². The van der Waals surface area contributed by atoms with Crippen LogP contribution in [-0.2, 0) is 14.4 Å². The third kappa shape index (κ3) is 7.95. The van der Waals surface area contributed by atoms with Gasteiger partial charge in [-0.15, -0.1) is 0 Å². The molecule has 9 nitrogen and oxygen atoms in total. The number of benzene rings is 3. The summed E-state index contributed by atoms with van der Waals surface area (Å²) in [6.07, 6.45) is 1.33. The van der Waals surface area contributed by atoms with Gasteiger partial charge in [0.15, 0.2) is 18.1 Å². The molecule has 3 N–H and O–H groups in total. The van der Waals surface area contributed by atoms with Crippen molar-refractivity contribution in [2.24, 2.45) is 5.10 Å². The van der Waals surface area contributed by atoms with Crippen molar-refractivity contribution in [2.45, 2.75) is 13.8 Å². The van der Waals surface area contributed by atoms with Gasteiger partial charge in [0.2, 0.25) is 0 Å². The minimum absolute atomic E-state index is 0.279. The first-order valence-corrected chi connectivity index (χ1v) is 12.6. The number of nitrogens with zero attached hydrogens (tertiary/aromatic N) is 1. The smallest absolute Gasteiger partial charge is 0.329 e. The number of ether oxygens (including phenoxy) is 2. The third-order valence-electron chi connectivity index (χ3n) is 5.05. The lowest BCUT2D eigenvalue weighted by Gasteiger charge is -2.13. The summed E-state index contributed by atoms with van der Waals surface area (Å²) in [6.45, 7) is 3.34. The van der Waals surface area contributed by atoms with Crippen molar-refractivity contribution in [2.75, 3.05) is 24.4 Å². The number of halogens is 3. The molecule has 0 saturated heterocycles. The summed E-state index contributed by atoms with van der Waals surface area (Å²) in [5, 5.41) is 9.85. The monoisotopic (exact) mass is 620 g/mol. The minimum Gasteiger partial charge on any atom is -0.493 e. The standard InChI is InChI=1S/C26H23BrCl2N4O5/c1-14-5-4-6-15(2)23(14)32-25(35)26(36)33-30-12-16-7-20(27)24(21(8-16)37-3)38-13-22(34)31-19-10-17(28)9-18(29)11-19/h4-12H,13H2,1-3H3,(H,31,34)(H,32,35)(H,33,36)/b30-12-. The van der Waals surface area contributed by atoms with Crippen molar-refractivity contribution < 1.29 is 23.9 Å². The molecule has 0 unspecified atom stereocenters. The van der Waals surface area contributed by atoms with E-state index in [4.69, 9.17) is 32.7 Å². The van der Waals surface area contributed by atoms with Gasteiger partial charge < -0.3 is 20.1 Å². The predicted molar refractivity (Wildman–Crippen MR) is 152 cm³/mol. The summed E-state index contributed by atoms with van der Waals surface area (Å²) in [4.78, 5) is 36.8. The fourth-order valence-corrected chi connectivity index (χ4v) is 4.41. The quantitative estimate of drug-likeness (QED) is 0.175. The van der Waals surface area contributed by atoms with Gasteiger partial charge in [-0.3, -0.25) is 14.4 Å². The summed E-state index contributed by atoms with van der Waals surface area (Å²) in [5.41, 5.74) is 5.39. The molecule has 0 saturated carbocycles. The second-order valence-corrected chi connectivity index (χ2v) is 9.68. The molecular formula is C26H23BrCl2N4O5. The lowest BCUT2D eigenvalue weighted by atomic mass is 10.1. The molecule has 0 fully saturated rings. The number of anilines is 2. The lowest BCUT2D eigenvalue weighted by Crippen LogP contribution is -2.32. The number of para-hydroxylation sites is 1. The van der Waals surface area contributed by atoms with E-state index in [1.54, 1.807) is 30.3 Å². The molecule has 3 rings (SSSR count). The molecule has 0 aliphatic heterocycles. The maximum Gasteiger partial charge on any atom is 0.329 e. The lowest BCUT2D eigenvalue weighted by molar-refractivity contribution is -0.136. The van der Waals surface area contributed by atoms with Crippen molar-refractivity contribution in [1.29, 1.82) is 0 Å². The highest BCUT2D eigenvalue weighted by Crippen LogP contribution is 2.36. The number of hydrazone groups is 1. The van der Waals surface area contributed by atoms with Gasteiger partial charge in [0.05, 0.1) is 17.8 Å². The number of hydrogen-bond donors (Lipinski definition) is 3. The van der Waals surface area contributed by atoms with E-state index in [0.29, 0.717) is 37.2 Å². The Morgan fingerprint density at radius 1 is 0.974 bits per heavy atom. The van der Waals surface area contributed by atoms with Crippen molar-refractivity contribution in [3.05, 3.63) is 79.7 Å². The second-order valence-electron chi connectivity index (χ2n) is 7.95. The third-order valence-corrected chi connectivity index (χ3v) is 6.08. The van der Waals surface area contributed by atoms with Crippen LogP contribution in [0.5, 0.6) is 11.5 Å². The number of hydrogen-bond acceptors (Lipinski definition) is 6. The zero-order valence-electron chi connectivity index (χ0n) is 20.5. The molecule has 198 valence electrons. The number of aryl methyl sites for hydroxylation is 2. The molecule has 0 atom stereocenters. The Kier molecular flexibility index (Phi) is 10.1. The number of carbonyl (C=O) groups is 3. The van der Waals surface area contributed by atoms with E-state index in [1.165, 1.54) is 13.3 Å². The highest BCUT2D eigenvalue weighted by molar-refractivity contribution is 9.10. The Bertz CT molecular complexity index is 1370. The van der Waals surface area contributed by atoms with Crippen LogP contribution in [0.2, 0.25) is 10.0 Å². The Morgan fingerprint density at radius 2 is 1.63 bits per heavy atom. The molecule has 38 heavy (non-hydrogen) atoms. The first kappa shape index (κ1) is 29.0. The van der Waals surface area contributed by atoms with Crippen molar-refractivity contribution in [3.8, 4) is 11.5 Å². The van der Waals surface area contributed by atoms with E-state index >= 15 is 0 Å². The zero-order chi connectivity index (χ0) is 27.8. The van der Waals surface area contributed by atoms with Crippen LogP contribution in [0.3, 0.4) is 0 Å². The average Bonchev–Trinajstić information content (AvgIpc) is 2.84. The normalized spacial score (nSPS) is 10.7. The van der Waals surface area contributed by atoms with Crippen molar-refractivity contribution >= 4 is 74.4 Å². The molecule has 3 aromatic rings. The van der Waals surface area contributed by atoms with E-state index in [-0.39, 0.29) is 12.4 Å². The number of rotatable bonds is 8. The number of nitrogens with one attached hydrogen (secondary N) is 3. The first-order valence-electron chi connectivity index (χ1n) is 11.0. The summed E-state index contributed by atoms with van der Waals surface area (Å²) < 4.78 is 11.5. The second kappa shape index (κ2) is 13.3. The van der Waals surface area contributed by atoms with Crippen LogP contribution >= 0.6 is 39.1 Å². The summed E-state index contributed by atoms with van der Waals surface area (Å²) in [6, 6.07) is 13.4. The van der Waals surface area contributed by atoms with Gasteiger partial charge in [-0.05, 0) is 76.8 Å². The maximum absolute atomic E-state index is 12.3. The molecule has 3 amide bonds. The average molecular weight is 622 g/mol. The molecule has 0 aromatic heterocycles. The van der Waals surface area contributed by atoms with Gasteiger partial charge in [-0.1, -0.05) is 41.4 Å². The summed E-state index contributed by atoms with van der Waals surface area (Å²) in [7, 11) is 1.43. The Morgan fingerprint density at radius 3 is 2.26 bits per heavy atom. The summed E-state index contributed by atoms with van der Waals surface area (Å²) in [5.74, 6) is -1.63.